The fourth-order valence-corrected chi connectivity index (χ4v) is 4.66. The predicted octanol–water partition coefficient (Wildman–Crippen LogP) is 5.28. The number of ether oxygens (including phenoxy) is 1. The molecule has 31 heavy (non-hydrogen) atoms. The molecule has 0 bridgehead atoms. The number of aryl methyl sites for hydroxylation is 3. The van der Waals surface area contributed by atoms with Gasteiger partial charge < -0.3 is 4.74 Å². The third-order valence-electron chi connectivity index (χ3n) is 5.47. The van der Waals surface area contributed by atoms with Crippen LogP contribution in [0, 0.1) is 20.8 Å². The highest BCUT2D eigenvalue weighted by atomic mass is 32.1. The molecule has 4 rings (SSSR count). The van der Waals surface area contributed by atoms with E-state index < -0.39 is 0 Å². The highest BCUT2D eigenvalue weighted by Gasteiger charge is 2.17. The summed E-state index contributed by atoms with van der Waals surface area (Å²) in [6.07, 6.45) is 1.60. The first-order chi connectivity index (χ1) is 14.9. The molecule has 4 aromatic rings. The van der Waals surface area contributed by atoms with Crippen LogP contribution >= 0.6 is 11.3 Å². The Kier molecular flexibility index (Phi) is 5.74. The Morgan fingerprint density at radius 3 is 2.48 bits per heavy atom. The third kappa shape index (κ3) is 4.03. The van der Waals surface area contributed by atoms with Crippen molar-refractivity contribution >= 4 is 27.5 Å². The lowest BCUT2D eigenvalue weighted by molar-refractivity contribution is 0.0526. The van der Waals surface area contributed by atoms with Crippen LogP contribution in [-0.4, -0.2) is 22.1 Å². The predicted molar refractivity (Wildman–Crippen MR) is 125 cm³/mol. The minimum atomic E-state index is -0.346. The lowest BCUT2D eigenvalue weighted by atomic mass is 9.99. The van der Waals surface area contributed by atoms with Crippen LogP contribution in [0.25, 0.3) is 21.3 Å². The first-order valence-electron chi connectivity index (χ1n) is 10.2. The Bertz CT molecular complexity index is 1330. The molecule has 0 radical (unpaired) electrons. The molecule has 0 unspecified atom stereocenters. The van der Waals surface area contributed by atoms with Gasteiger partial charge in [0.1, 0.15) is 4.83 Å². The number of carbonyl (C=O) groups excluding carboxylic acids is 1. The van der Waals surface area contributed by atoms with Crippen molar-refractivity contribution in [1.82, 2.24) is 9.55 Å². The van der Waals surface area contributed by atoms with Gasteiger partial charge in [-0.3, -0.25) is 9.36 Å². The van der Waals surface area contributed by atoms with Crippen LogP contribution in [0.3, 0.4) is 0 Å². The second-order valence-corrected chi connectivity index (χ2v) is 8.81. The smallest absolute Gasteiger partial charge is 0.338 e. The first-order valence-corrected chi connectivity index (χ1v) is 11.0. The van der Waals surface area contributed by atoms with E-state index in [1.165, 1.54) is 11.1 Å². The first kappa shape index (κ1) is 21.0. The normalized spacial score (nSPS) is 11.1. The molecule has 0 spiro atoms. The zero-order chi connectivity index (χ0) is 22.1. The van der Waals surface area contributed by atoms with Gasteiger partial charge >= 0.3 is 5.97 Å². The van der Waals surface area contributed by atoms with Crippen LogP contribution in [0.1, 0.15) is 38.8 Å². The van der Waals surface area contributed by atoms with Crippen molar-refractivity contribution in [1.29, 1.82) is 0 Å². The van der Waals surface area contributed by atoms with Gasteiger partial charge in [-0.25, -0.2) is 9.78 Å². The summed E-state index contributed by atoms with van der Waals surface area (Å²) in [5.74, 6) is -0.346. The minimum Gasteiger partial charge on any atom is -0.462 e. The number of esters is 1. The van der Waals surface area contributed by atoms with Gasteiger partial charge in [0.15, 0.2) is 0 Å². The van der Waals surface area contributed by atoms with Crippen molar-refractivity contribution in [2.45, 2.75) is 34.2 Å². The molecule has 0 fully saturated rings. The number of hydrogen-bond acceptors (Lipinski definition) is 5. The zero-order valence-electron chi connectivity index (χ0n) is 18.1. The lowest BCUT2D eigenvalue weighted by Gasteiger charge is -2.09. The second kappa shape index (κ2) is 8.47. The Hall–Kier alpha value is -3.25. The third-order valence-corrected chi connectivity index (χ3v) is 6.48. The van der Waals surface area contributed by atoms with Crippen molar-refractivity contribution in [3.8, 4) is 11.1 Å². The maximum atomic E-state index is 13.4. The van der Waals surface area contributed by atoms with E-state index in [-0.39, 0.29) is 11.5 Å². The highest BCUT2D eigenvalue weighted by Crippen LogP contribution is 2.36. The molecule has 0 amide bonds. The molecule has 2 aromatic carbocycles. The van der Waals surface area contributed by atoms with Gasteiger partial charge in [0.05, 0.1) is 30.4 Å². The highest BCUT2D eigenvalue weighted by molar-refractivity contribution is 7.19. The van der Waals surface area contributed by atoms with E-state index in [2.05, 4.69) is 37.0 Å². The average Bonchev–Trinajstić information content (AvgIpc) is 3.09. The van der Waals surface area contributed by atoms with Crippen molar-refractivity contribution in [3.05, 3.63) is 86.3 Å². The molecule has 0 saturated heterocycles. The summed E-state index contributed by atoms with van der Waals surface area (Å²) < 4.78 is 6.65. The molecule has 6 heteroatoms. The molecule has 0 N–H and O–H groups in total. The van der Waals surface area contributed by atoms with Crippen LogP contribution in [-0.2, 0) is 11.3 Å². The summed E-state index contributed by atoms with van der Waals surface area (Å²) in [5, 5.41) is 0.663. The Morgan fingerprint density at radius 2 is 1.81 bits per heavy atom. The summed E-state index contributed by atoms with van der Waals surface area (Å²) in [4.78, 5) is 31.7. The molecule has 2 aromatic heterocycles. The fourth-order valence-electron chi connectivity index (χ4n) is 3.65. The van der Waals surface area contributed by atoms with Crippen molar-refractivity contribution < 1.29 is 9.53 Å². The van der Waals surface area contributed by atoms with Crippen LogP contribution < -0.4 is 5.56 Å². The van der Waals surface area contributed by atoms with Crippen molar-refractivity contribution in [2.24, 2.45) is 0 Å². The molecule has 0 aliphatic heterocycles. The number of carbonyl (C=O) groups is 1. The van der Waals surface area contributed by atoms with E-state index in [9.17, 15) is 9.59 Å². The van der Waals surface area contributed by atoms with Crippen molar-refractivity contribution in [2.75, 3.05) is 6.61 Å². The van der Waals surface area contributed by atoms with Crippen molar-refractivity contribution in [3.63, 3.8) is 0 Å². The quantitative estimate of drug-likeness (QED) is 0.403. The second-order valence-electron chi connectivity index (χ2n) is 7.61. The van der Waals surface area contributed by atoms with E-state index in [4.69, 9.17) is 4.74 Å². The fraction of sp³-hybridized carbons (Fsp3) is 0.240. The van der Waals surface area contributed by atoms with Gasteiger partial charge in [0.25, 0.3) is 5.56 Å². The number of benzene rings is 2. The van der Waals surface area contributed by atoms with Gasteiger partial charge in [-0.15, -0.1) is 11.3 Å². The van der Waals surface area contributed by atoms with Gasteiger partial charge in [-0.1, -0.05) is 30.3 Å². The van der Waals surface area contributed by atoms with Crippen LogP contribution in [0.4, 0.5) is 0 Å². The molecule has 0 saturated carbocycles. The molecular formula is C25H24N2O3S. The molecule has 0 aliphatic carbocycles. The van der Waals surface area contributed by atoms with Crippen LogP contribution in [0.2, 0.25) is 0 Å². The summed E-state index contributed by atoms with van der Waals surface area (Å²) in [5.41, 5.74) is 5.78. The summed E-state index contributed by atoms with van der Waals surface area (Å²) in [6.45, 7) is 8.70. The Morgan fingerprint density at radius 1 is 1.06 bits per heavy atom. The van der Waals surface area contributed by atoms with E-state index in [1.54, 1.807) is 41.3 Å². The molecule has 2 heterocycles. The number of aromatic nitrogens is 2. The molecule has 0 atom stereocenters. The molecule has 5 nitrogen and oxygen atoms in total. The summed E-state index contributed by atoms with van der Waals surface area (Å²) in [7, 11) is 0. The summed E-state index contributed by atoms with van der Waals surface area (Å²) in [6, 6.07) is 13.4. The van der Waals surface area contributed by atoms with Gasteiger partial charge in [-0.05, 0) is 62.1 Å². The minimum absolute atomic E-state index is 0.0583. The van der Waals surface area contributed by atoms with Gasteiger partial charge in [-0.2, -0.15) is 0 Å². The number of fused-ring (bicyclic) bond motifs is 1. The number of nitrogens with zero attached hydrogens (tertiary/aromatic N) is 2. The van der Waals surface area contributed by atoms with E-state index in [0.717, 1.165) is 26.4 Å². The lowest BCUT2D eigenvalue weighted by Crippen LogP contribution is -2.21. The maximum absolute atomic E-state index is 13.4. The number of hydrogen-bond donors (Lipinski definition) is 0. The van der Waals surface area contributed by atoms with E-state index in [1.807, 2.05) is 19.1 Å². The van der Waals surface area contributed by atoms with Gasteiger partial charge in [0.2, 0.25) is 0 Å². The van der Waals surface area contributed by atoms with Gasteiger partial charge in [0, 0.05) is 10.4 Å². The zero-order valence-corrected chi connectivity index (χ0v) is 18.9. The monoisotopic (exact) mass is 432 g/mol. The largest absolute Gasteiger partial charge is 0.462 e. The SMILES string of the molecule is CCOC(=O)c1ccc(Cn2cnc3sc(C)c(-c4ccc(C)c(C)c4)c3c2=O)cc1. The summed E-state index contributed by atoms with van der Waals surface area (Å²) >= 11 is 1.55. The van der Waals surface area contributed by atoms with E-state index in [0.29, 0.717) is 24.1 Å². The Balaban J connectivity index is 1.73. The molecule has 0 aliphatic rings. The maximum Gasteiger partial charge on any atom is 0.338 e. The molecular weight excluding hydrogens is 408 g/mol. The topological polar surface area (TPSA) is 61.2 Å². The van der Waals surface area contributed by atoms with E-state index >= 15 is 0 Å². The number of thiophene rings is 1. The standard InChI is InChI=1S/C25H24N2O3S/c1-5-30-25(29)19-10-7-18(8-11-19)13-27-14-26-23-22(24(27)28)21(17(4)31-23)20-9-6-15(2)16(3)12-20/h6-12,14H,5,13H2,1-4H3. The molecule has 158 valence electrons. The van der Waals surface area contributed by atoms with Crippen LogP contribution in [0.15, 0.2) is 53.6 Å². The van der Waals surface area contributed by atoms with Crippen LogP contribution in [0.5, 0.6) is 0 Å². The number of rotatable bonds is 5. The Labute approximate surface area is 185 Å². The average molecular weight is 433 g/mol.